The molecule has 0 amide bonds. The van der Waals surface area contributed by atoms with Crippen molar-refractivity contribution in [1.29, 1.82) is 0 Å². The molecule has 0 aliphatic heterocycles. The predicted octanol–water partition coefficient (Wildman–Crippen LogP) is 5.37. The Morgan fingerprint density at radius 2 is 1.64 bits per heavy atom. The molecule has 3 aromatic carbocycles. The van der Waals surface area contributed by atoms with Crippen LogP contribution in [-0.4, -0.2) is 30.9 Å². The first kappa shape index (κ1) is 22.4. The standard InChI is InChI=1S/C25H20ClFN2O4/c1-31-21-12-15(13-22(32-2)24(21)33-3)8-11-23-28-19-14-16(26)9-10-17(19)25(30)29(23)20-7-5-4-6-18(20)27/h4-14H,1-3H3. The third kappa shape index (κ3) is 4.27. The summed E-state index contributed by atoms with van der Waals surface area (Å²) in [5, 5.41) is 0.769. The van der Waals surface area contributed by atoms with Crippen molar-refractivity contribution in [2.75, 3.05) is 21.3 Å². The van der Waals surface area contributed by atoms with Gasteiger partial charge in [-0.3, -0.25) is 9.36 Å². The van der Waals surface area contributed by atoms with Gasteiger partial charge in [0.05, 0.1) is 37.9 Å². The minimum Gasteiger partial charge on any atom is -0.493 e. The molecule has 168 valence electrons. The molecule has 0 aliphatic carbocycles. The van der Waals surface area contributed by atoms with E-state index in [9.17, 15) is 9.18 Å². The molecule has 0 unspecified atom stereocenters. The summed E-state index contributed by atoms with van der Waals surface area (Å²) in [5.41, 5.74) is 0.789. The molecule has 8 heteroatoms. The Bertz CT molecular complexity index is 1410. The van der Waals surface area contributed by atoms with Gasteiger partial charge < -0.3 is 14.2 Å². The number of halogens is 2. The van der Waals surface area contributed by atoms with Crippen LogP contribution < -0.4 is 19.8 Å². The molecule has 0 aliphatic rings. The van der Waals surface area contributed by atoms with Crippen molar-refractivity contribution in [3.05, 3.63) is 87.2 Å². The molecular formula is C25H20ClFN2O4. The summed E-state index contributed by atoms with van der Waals surface area (Å²) in [6, 6.07) is 14.3. The van der Waals surface area contributed by atoms with E-state index in [-0.39, 0.29) is 11.5 Å². The topological polar surface area (TPSA) is 62.6 Å². The summed E-state index contributed by atoms with van der Waals surface area (Å²) in [5.74, 6) is 1.09. The van der Waals surface area contributed by atoms with E-state index in [2.05, 4.69) is 4.98 Å². The number of methoxy groups -OCH3 is 3. The molecule has 4 aromatic rings. The molecule has 0 radical (unpaired) electrons. The first-order valence-electron chi connectivity index (χ1n) is 9.92. The Kier molecular flexibility index (Phi) is 6.33. The summed E-state index contributed by atoms with van der Waals surface area (Å²) in [6.07, 6.45) is 3.34. The summed E-state index contributed by atoms with van der Waals surface area (Å²) < 4.78 is 32.0. The van der Waals surface area contributed by atoms with Gasteiger partial charge in [0.15, 0.2) is 11.5 Å². The zero-order valence-electron chi connectivity index (χ0n) is 18.1. The highest BCUT2D eigenvalue weighted by Gasteiger charge is 2.15. The van der Waals surface area contributed by atoms with Crippen LogP contribution in [0, 0.1) is 5.82 Å². The molecule has 0 saturated heterocycles. The fraction of sp³-hybridized carbons (Fsp3) is 0.120. The Balaban J connectivity index is 1.94. The predicted molar refractivity (Wildman–Crippen MR) is 127 cm³/mol. The third-order valence-electron chi connectivity index (χ3n) is 5.06. The van der Waals surface area contributed by atoms with E-state index < -0.39 is 11.4 Å². The zero-order valence-corrected chi connectivity index (χ0v) is 18.9. The van der Waals surface area contributed by atoms with Gasteiger partial charge in [-0.1, -0.05) is 29.8 Å². The SMILES string of the molecule is COc1cc(C=Cc2nc3cc(Cl)ccc3c(=O)n2-c2ccccc2F)cc(OC)c1OC. The van der Waals surface area contributed by atoms with Crippen LogP contribution in [0.2, 0.25) is 5.02 Å². The summed E-state index contributed by atoms with van der Waals surface area (Å²) in [4.78, 5) is 17.9. The lowest BCUT2D eigenvalue weighted by atomic mass is 10.1. The minimum atomic E-state index is -0.544. The van der Waals surface area contributed by atoms with Gasteiger partial charge in [-0.15, -0.1) is 0 Å². The maximum atomic E-state index is 14.7. The van der Waals surface area contributed by atoms with Gasteiger partial charge in [0, 0.05) is 5.02 Å². The molecule has 4 rings (SSSR count). The molecule has 0 fully saturated rings. The van der Waals surface area contributed by atoms with Crippen LogP contribution >= 0.6 is 11.6 Å². The van der Waals surface area contributed by atoms with Crippen molar-refractivity contribution >= 4 is 34.7 Å². The van der Waals surface area contributed by atoms with Gasteiger partial charge in [0.1, 0.15) is 11.6 Å². The molecule has 0 bridgehead atoms. The number of hydrogen-bond acceptors (Lipinski definition) is 5. The normalized spacial score (nSPS) is 11.2. The zero-order chi connectivity index (χ0) is 23.5. The van der Waals surface area contributed by atoms with E-state index in [4.69, 9.17) is 25.8 Å². The number of nitrogens with zero attached hydrogens (tertiary/aromatic N) is 2. The van der Waals surface area contributed by atoms with E-state index in [0.717, 1.165) is 0 Å². The molecule has 0 atom stereocenters. The first-order chi connectivity index (χ1) is 16.0. The van der Waals surface area contributed by atoms with E-state index >= 15 is 0 Å². The smallest absolute Gasteiger partial charge is 0.266 e. The number of fused-ring (bicyclic) bond motifs is 1. The van der Waals surface area contributed by atoms with Crippen molar-refractivity contribution in [2.45, 2.75) is 0 Å². The molecular weight excluding hydrogens is 447 g/mol. The van der Waals surface area contributed by atoms with Gasteiger partial charge in [-0.05, 0) is 54.1 Å². The molecule has 0 spiro atoms. The fourth-order valence-corrected chi connectivity index (χ4v) is 3.69. The van der Waals surface area contributed by atoms with Gasteiger partial charge in [0.2, 0.25) is 5.75 Å². The van der Waals surface area contributed by atoms with Crippen LogP contribution in [0.15, 0.2) is 59.4 Å². The van der Waals surface area contributed by atoms with Gasteiger partial charge in [-0.2, -0.15) is 0 Å². The fourth-order valence-electron chi connectivity index (χ4n) is 3.52. The Labute approximate surface area is 194 Å². The maximum Gasteiger partial charge on any atom is 0.266 e. The second-order valence-electron chi connectivity index (χ2n) is 7.02. The van der Waals surface area contributed by atoms with Crippen molar-refractivity contribution in [3.63, 3.8) is 0 Å². The van der Waals surface area contributed by atoms with Gasteiger partial charge in [0.25, 0.3) is 5.56 Å². The van der Waals surface area contributed by atoms with E-state index in [1.807, 2.05) is 0 Å². The number of para-hydroxylation sites is 1. The van der Waals surface area contributed by atoms with Crippen molar-refractivity contribution in [2.24, 2.45) is 0 Å². The second-order valence-corrected chi connectivity index (χ2v) is 7.45. The Morgan fingerprint density at radius 3 is 2.27 bits per heavy atom. The minimum absolute atomic E-state index is 0.0939. The number of rotatable bonds is 6. The Hall–Kier alpha value is -3.84. The summed E-state index contributed by atoms with van der Waals surface area (Å²) in [7, 11) is 4.57. The largest absolute Gasteiger partial charge is 0.493 e. The third-order valence-corrected chi connectivity index (χ3v) is 5.30. The Morgan fingerprint density at radius 1 is 0.939 bits per heavy atom. The van der Waals surface area contributed by atoms with Crippen LogP contribution in [-0.2, 0) is 0 Å². The van der Waals surface area contributed by atoms with E-state index in [1.54, 1.807) is 54.6 Å². The van der Waals surface area contributed by atoms with Gasteiger partial charge in [-0.25, -0.2) is 9.37 Å². The number of ether oxygens (including phenoxy) is 3. The van der Waals surface area contributed by atoms with Gasteiger partial charge >= 0.3 is 0 Å². The second kappa shape index (κ2) is 9.34. The number of hydrogen-bond donors (Lipinski definition) is 0. The number of aromatic nitrogens is 2. The molecule has 0 N–H and O–H groups in total. The van der Waals surface area contributed by atoms with Crippen LogP contribution in [0.3, 0.4) is 0 Å². The first-order valence-corrected chi connectivity index (χ1v) is 10.3. The van der Waals surface area contributed by atoms with Crippen molar-refractivity contribution < 1.29 is 18.6 Å². The highest BCUT2D eigenvalue weighted by Crippen LogP contribution is 2.38. The van der Waals surface area contributed by atoms with Crippen molar-refractivity contribution in [1.82, 2.24) is 9.55 Å². The average Bonchev–Trinajstić information content (AvgIpc) is 2.82. The van der Waals surface area contributed by atoms with E-state index in [0.29, 0.717) is 38.7 Å². The van der Waals surface area contributed by atoms with Crippen LogP contribution in [0.5, 0.6) is 17.2 Å². The lowest BCUT2D eigenvalue weighted by Gasteiger charge is -2.14. The lowest BCUT2D eigenvalue weighted by Crippen LogP contribution is -2.23. The summed E-state index contributed by atoms with van der Waals surface area (Å²) in [6.45, 7) is 0. The maximum absolute atomic E-state index is 14.7. The highest BCUT2D eigenvalue weighted by molar-refractivity contribution is 6.31. The van der Waals surface area contributed by atoms with Crippen LogP contribution in [0.1, 0.15) is 11.4 Å². The molecule has 33 heavy (non-hydrogen) atoms. The van der Waals surface area contributed by atoms with E-state index in [1.165, 1.54) is 38.0 Å². The quantitative estimate of drug-likeness (QED) is 0.382. The monoisotopic (exact) mass is 466 g/mol. The van der Waals surface area contributed by atoms with Crippen LogP contribution in [0.4, 0.5) is 4.39 Å². The average molecular weight is 467 g/mol. The number of benzene rings is 3. The van der Waals surface area contributed by atoms with Crippen LogP contribution in [0.25, 0.3) is 28.7 Å². The molecule has 1 aromatic heterocycles. The van der Waals surface area contributed by atoms with Crippen molar-refractivity contribution in [3.8, 4) is 22.9 Å². The molecule has 6 nitrogen and oxygen atoms in total. The highest BCUT2D eigenvalue weighted by atomic mass is 35.5. The molecule has 0 saturated carbocycles. The molecule has 1 heterocycles. The lowest BCUT2D eigenvalue weighted by molar-refractivity contribution is 0.324. The summed E-state index contributed by atoms with van der Waals surface area (Å²) >= 11 is 6.11.